The van der Waals surface area contributed by atoms with Crippen molar-refractivity contribution in [3.05, 3.63) is 35.7 Å². The maximum Gasteiger partial charge on any atom is 0.328 e. The molecule has 160 valence electrons. The van der Waals surface area contributed by atoms with Crippen molar-refractivity contribution in [1.29, 1.82) is 0 Å². The second-order valence-electron chi connectivity index (χ2n) is 7.83. The lowest BCUT2D eigenvalue weighted by Gasteiger charge is -2.40. The fourth-order valence-electron chi connectivity index (χ4n) is 4.30. The van der Waals surface area contributed by atoms with Crippen molar-refractivity contribution in [1.82, 2.24) is 14.7 Å². The predicted molar refractivity (Wildman–Crippen MR) is 115 cm³/mol. The van der Waals surface area contributed by atoms with E-state index >= 15 is 0 Å². The molecule has 0 N–H and O–H groups in total. The summed E-state index contributed by atoms with van der Waals surface area (Å²) >= 11 is 0. The Kier molecular flexibility index (Phi) is 5.17. The number of urea groups is 1. The number of carbonyl (C=O) groups excluding carboxylic acids is 2. The van der Waals surface area contributed by atoms with E-state index in [-0.39, 0.29) is 11.9 Å². The highest BCUT2D eigenvalue weighted by atomic mass is 16.5. The number of carbonyl (C=O) groups is 2. The van der Waals surface area contributed by atoms with Gasteiger partial charge in [-0.25, -0.2) is 9.79 Å². The summed E-state index contributed by atoms with van der Waals surface area (Å²) in [5.74, 6) is 1.33. The van der Waals surface area contributed by atoms with Crippen LogP contribution in [0.4, 0.5) is 10.5 Å². The second kappa shape index (κ2) is 7.66. The Balaban J connectivity index is 1.69. The minimum Gasteiger partial charge on any atom is -0.494 e. The molecule has 0 aromatic heterocycles. The average Bonchev–Trinajstić information content (AvgIpc) is 3.23. The Bertz CT molecular complexity index is 923. The van der Waals surface area contributed by atoms with Crippen LogP contribution in [-0.4, -0.2) is 65.0 Å². The van der Waals surface area contributed by atoms with Crippen LogP contribution in [0.3, 0.4) is 0 Å². The number of rotatable bonds is 6. The molecule has 8 nitrogen and oxygen atoms in total. The van der Waals surface area contributed by atoms with Crippen LogP contribution in [0, 0.1) is 0 Å². The van der Waals surface area contributed by atoms with E-state index in [1.165, 1.54) is 4.90 Å². The Labute approximate surface area is 177 Å². The second-order valence-corrected chi connectivity index (χ2v) is 7.83. The summed E-state index contributed by atoms with van der Waals surface area (Å²) in [6, 6.07) is 7.04. The van der Waals surface area contributed by atoms with E-state index in [9.17, 15) is 9.59 Å². The van der Waals surface area contributed by atoms with Gasteiger partial charge in [-0.05, 0) is 51.5 Å². The molecule has 0 aliphatic carbocycles. The van der Waals surface area contributed by atoms with Gasteiger partial charge in [-0.15, -0.1) is 0 Å². The van der Waals surface area contributed by atoms with Gasteiger partial charge in [-0.3, -0.25) is 19.5 Å². The molecule has 4 rings (SSSR count). The first kappa shape index (κ1) is 20.3. The van der Waals surface area contributed by atoms with Crippen LogP contribution >= 0.6 is 0 Å². The molecule has 3 heterocycles. The maximum atomic E-state index is 13.3. The number of hydrogen-bond donors (Lipinski definition) is 0. The lowest BCUT2D eigenvalue weighted by atomic mass is 10.1. The van der Waals surface area contributed by atoms with E-state index in [2.05, 4.69) is 0 Å². The van der Waals surface area contributed by atoms with Gasteiger partial charge in [0.15, 0.2) is 12.2 Å². The molecule has 1 aromatic carbocycles. The van der Waals surface area contributed by atoms with Crippen molar-refractivity contribution in [2.75, 3.05) is 25.1 Å². The number of nitrogens with zero attached hydrogens (tertiary/aromatic N) is 5. The van der Waals surface area contributed by atoms with Gasteiger partial charge in [0.25, 0.3) is 5.91 Å². The van der Waals surface area contributed by atoms with Crippen molar-refractivity contribution in [3.63, 3.8) is 0 Å². The van der Waals surface area contributed by atoms with Gasteiger partial charge >= 0.3 is 6.03 Å². The number of likely N-dealkylation sites (N-methyl/N-ethyl adjacent to an activating group) is 1. The zero-order chi connectivity index (χ0) is 21.6. The Morgan fingerprint density at radius 3 is 2.40 bits per heavy atom. The van der Waals surface area contributed by atoms with E-state index in [0.717, 1.165) is 35.7 Å². The van der Waals surface area contributed by atoms with Crippen LogP contribution < -0.4 is 9.64 Å². The average molecular weight is 412 g/mol. The molecule has 8 heteroatoms. The molecule has 3 aliphatic rings. The van der Waals surface area contributed by atoms with Crippen molar-refractivity contribution in [3.8, 4) is 5.75 Å². The number of anilines is 1. The zero-order valence-corrected chi connectivity index (χ0v) is 18.3. The number of unbranched alkanes of at least 4 members (excludes halogenated alkanes) is 1. The SMILES string of the molecule is CCCCN1C(=O)C2C(N=C3N(c4ccc(OCC)cc4)C(C)=C(C)N32)N(C)C1=O. The molecule has 1 saturated heterocycles. The molecule has 2 atom stereocenters. The highest BCUT2D eigenvalue weighted by Crippen LogP contribution is 2.40. The van der Waals surface area contributed by atoms with Gasteiger partial charge < -0.3 is 9.64 Å². The summed E-state index contributed by atoms with van der Waals surface area (Å²) in [7, 11) is 1.73. The Hall–Kier alpha value is -3.03. The molecule has 1 fully saturated rings. The normalized spacial score (nSPS) is 23.3. The van der Waals surface area contributed by atoms with Crippen LogP contribution in [0.25, 0.3) is 0 Å². The smallest absolute Gasteiger partial charge is 0.328 e. The summed E-state index contributed by atoms with van der Waals surface area (Å²) in [4.78, 5) is 38.0. The third-order valence-corrected chi connectivity index (χ3v) is 6.03. The lowest BCUT2D eigenvalue weighted by molar-refractivity contribution is -0.136. The molecule has 3 amide bonds. The summed E-state index contributed by atoms with van der Waals surface area (Å²) in [5, 5.41) is 0. The lowest BCUT2D eigenvalue weighted by Crippen LogP contribution is -2.64. The van der Waals surface area contributed by atoms with Crippen LogP contribution in [-0.2, 0) is 4.79 Å². The van der Waals surface area contributed by atoms with E-state index in [4.69, 9.17) is 9.73 Å². The number of allylic oxidation sites excluding steroid dienone is 2. The van der Waals surface area contributed by atoms with E-state index < -0.39 is 12.2 Å². The van der Waals surface area contributed by atoms with Crippen LogP contribution in [0.15, 0.2) is 40.7 Å². The van der Waals surface area contributed by atoms with E-state index in [1.54, 1.807) is 11.9 Å². The Morgan fingerprint density at radius 2 is 1.77 bits per heavy atom. The molecule has 0 bridgehead atoms. The minimum atomic E-state index is -0.526. The van der Waals surface area contributed by atoms with Crippen molar-refractivity contribution >= 4 is 23.6 Å². The van der Waals surface area contributed by atoms with Crippen molar-refractivity contribution in [2.45, 2.75) is 52.7 Å². The fourth-order valence-corrected chi connectivity index (χ4v) is 4.30. The first-order valence-corrected chi connectivity index (χ1v) is 10.6. The molecule has 0 spiro atoms. The molecular formula is C22H29N5O3. The van der Waals surface area contributed by atoms with Gasteiger partial charge in [0.1, 0.15) is 5.75 Å². The molecule has 30 heavy (non-hydrogen) atoms. The van der Waals surface area contributed by atoms with Crippen LogP contribution in [0.2, 0.25) is 0 Å². The first-order valence-electron chi connectivity index (χ1n) is 10.6. The molecule has 0 radical (unpaired) electrons. The number of amides is 3. The van der Waals surface area contributed by atoms with Crippen LogP contribution in [0.1, 0.15) is 40.5 Å². The first-order chi connectivity index (χ1) is 14.4. The van der Waals surface area contributed by atoms with Crippen LogP contribution in [0.5, 0.6) is 5.75 Å². The summed E-state index contributed by atoms with van der Waals surface area (Å²) in [5.41, 5.74) is 2.94. The third kappa shape index (κ3) is 2.93. The zero-order valence-electron chi connectivity index (χ0n) is 18.3. The highest BCUT2D eigenvalue weighted by molar-refractivity contribution is 6.10. The highest BCUT2D eigenvalue weighted by Gasteiger charge is 2.55. The molecule has 3 aliphatic heterocycles. The summed E-state index contributed by atoms with van der Waals surface area (Å²) in [6.07, 6.45) is 1.19. The standard InChI is InChI=1S/C22H29N5O3/c1-6-8-13-25-20(28)18-19(24(5)22(25)29)23-21-26(14(3)15(4)27(18)21)16-9-11-17(12-10-16)30-7-2/h9-12,18-19H,6-8,13H2,1-5H3. The quantitative estimate of drug-likeness (QED) is 0.719. The molecule has 2 unspecified atom stereocenters. The maximum absolute atomic E-state index is 13.3. The van der Waals surface area contributed by atoms with Crippen molar-refractivity contribution < 1.29 is 14.3 Å². The van der Waals surface area contributed by atoms with Crippen molar-refractivity contribution in [2.24, 2.45) is 4.99 Å². The monoisotopic (exact) mass is 411 g/mol. The van der Waals surface area contributed by atoms with Gasteiger partial charge in [-0.2, -0.15) is 0 Å². The van der Waals surface area contributed by atoms with E-state index in [1.807, 2.05) is 61.8 Å². The summed E-state index contributed by atoms with van der Waals surface area (Å²) in [6.45, 7) is 9.08. The largest absolute Gasteiger partial charge is 0.494 e. The van der Waals surface area contributed by atoms with Gasteiger partial charge in [0, 0.05) is 30.7 Å². The minimum absolute atomic E-state index is 0.170. The van der Waals surface area contributed by atoms with Gasteiger partial charge in [0.2, 0.25) is 5.96 Å². The number of guanidine groups is 1. The Morgan fingerprint density at radius 1 is 1.07 bits per heavy atom. The number of aliphatic imine (C=N–C) groups is 1. The molecule has 1 aromatic rings. The number of imide groups is 1. The number of ether oxygens (including phenoxy) is 1. The summed E-state index contributed by atoms with van der Waals surface area (Å²) < 4.78 is 5.55. The molecule has 0 saturated carbocycles. The van der Waals surface area contributed by atoms with E-state index in [0.29, 0.717) is 19.1 Å². The topological polar surface area (TPSA) is 68.7 Å². The van der Waals surface area contributed by atoms with Gasteiger partial charge in [-0.1, -0.05) is 13.3 Å². The predicted octanol–water partition coefficient (Wildman–Crippen LogP) is 3.22. The third-order valence-electron chi connectivity index (χ3n) is 6.03. The number of hydrogen-bond acceptors (Lipinski definition) is 6. The van der Waals surface area contributed by atoms with Gasteiger partial charge in [0.05, 0.1) is 6.61 Å². The molecular weight excluding hydrogens is 382 g/mol. The number of fused-ring (bicyclic) bond motifs is 3. The fraction of sp³-hybridized carbons (Fsp3) is 0.500. The number of benzene rings is 1.